The van der Waals surface area contributed by atoms with Gasteiger partial charge in [-0.15, -0.1) is 5.10 Å². The van der Waals surface area contributed by atoms with E-state index in [0.717, 1.165) is 77.0 Å². The topological polar surface area (TPSA) is 85.1 Å². The number of anilines is 2. The fraction of sp³-hybridized carbons (Fsp3) is 0.379. The molecule has 9 heteroatoms. The van der Waals surface area contributed by atoms with Gasteiger partial charge in [-0.05, 0) is 52.0 Å². The third-order valence-corrected chi connectivity index (χ3v) is 7.49. The molecule has 0 amide bonds. The van der Waals surface area contributed by atoms with E-state index in [1.807, 2.05) is 38.1 Å². The predicted molar refractivity (Wildman–Crippen MR) is 148 cm³/mol. The second-order valence-electron chi connectivity index (χ2n) is 9.72. The van der Waals surface area contributed by atoms with Gasteiger partial charge < -0.3 is 33.7 Å². The SMILES string of the molecule is CCOc1ccc(-n2c(C)c3c(C)nnc(N4CCN(c5cccc6c5OCCO6)CC4)c3c2C)c(O)c1. The van der Waals surface area contributed by atoms with Crippen LogP contribution in [0.4, 0.5) is 11.5 Å². The molecule has 9 nitrogen and oxygen atoms in total. The Bertz CT molecular complexity index is 1510. The number of aromatic nitrogens is 3. The zero-order chi connectivity index (χ0) is 26.4. The molecule has 0 unspecified atom stereocenters. The van der Waals surface area contributed by atoms with E-state index in [4.69, 9.17) is 14.2 Å². The second kappa shape index (κ2) is 9.63. The number of ether oxygens (including phenoxy) is 3. The first-order valence-corrected chi connectivity index (χ1v) is 13.2. The van der Waals surface area contributed by atoms with Crippen LogP contribution in [0, 0.1) is 20.8 Å². The number of rotatable bonds is 5. The molecule has 0 aliphatic carbocycles. The molecule has 2 aliphatic heterocycles. The van der Waals surface area contributed by atoms with Crippen LogP contribution in [0.3, 0.4) is 0 Å². The molecule has 0 saturated carbocycles. The average molecular weight is 516 g/mol. The van der Waals surface area contributed by atoms with Gasteiger partial charge in [0.15, 0.2) is 17.3 Å². The Morgan fingerprint density at radius 2 is 1.61 bits per heavy atom. The molecule has 4 heterocycles. The molecule has 0 spiro atoms. The molecule has 0 bridgehead atoms. The van der Waals surface area contributed by atoms with Gasteiger partial charge >= 0.3 is 0 Å². The number of para-hydroxylation sites is 1. The number of benzene rings is 2. The number of hydrogen-bond acceptors (Lipinski definition) is 8. The molecule has 198 valence electrons. The van der Waals surface area contributed by atoms with Gasteiger partial charge in [0, 0.05) is 54.4 Å². The van der Waals surface area contributed by atoms with Gasteiger partial charge in [-0.25, -0.2) is 0 Å². The van der Waals surface area contributed by atoms with Crippen LogP contribution in [0.2, 0.25) is 0 Å². The number of aromatic hydroxyl groups is 1. The van der Waals surface area contributed by atoms with Crippen molar-refractivity contribution in [1.29, 1.82) is 0 Å². The minimum atomic E-state index is 0.175. The smallest absolute Gasteiger partial charge is 0.184 e. The van der Waals surface area contributed by atoms with Crippen molar-refractivity contribution in [1.82, 2.24) is 14.8 Å². The van der Waals surface area contributed by atoms with Crippen molar-refractivity contribution in [2.45, 2.75) is 27.7 Å². The van der Waals surface area contributed by atoms with E-state index in [0.29, 0.717) is 31.3 Å². The van der Waals surface area contributed by atoms with Crippen molar-refractivity contribution >= 4 is 22.3 Å². The van der Waals surface area contributed by atoms with E-state index in [1.54, 1.807) is 6.07 Å². The van der Waals surface area contributed by atoms with Crippen LogP contribution in [-0.2, 0) is 0 Å². The van der Waals surface area contributed by atoms with Crippen molar-refractivity contribution in [3.05, 3.63) is 53.5 Å². The highest BCUT2D eigenvalue weighted by molar-refractivity contribution is 5.99. The monoisotopic (exact) mass is 515 g/mol. The van der Waals surface area contributed by atoms with E-state index in [9.17, 15) is 5.11 Å². The molecule has 2 aromatic carbocycles. The molecular formula is C29H33N5O4. The van der Waals surface area contributed by atoms with Crippen molar-refractivity contribution < 1.29 is 19.3 Å². The molecule has 38 heavy (non-hydrogen) atoms. The largest absolute Gasteiger partial charge is 0.506 e. The summed E-state index contributed by atoms with van der Waals surface area (Å²) in [6.45, 7) is 13.0. The zero-order valence-corrected chi connectivity index (χ0v) is 22.3. The Kier molecular flexibility index (Phi) is 6.13. The Labute approximate surface area is 222 Å². The lowest BCUT2D eigenvalue weighted by atomic mass is 10.1. The van der Waals surface area contributed by atoms with Gasteiger partial charge in [0.25, 0.3) is 0 Å². The van der Waals surface area contributed by atoms with E-state index in [-0.39, 0.29) is 5.75 Å². The van der Waals surface area contributed by atoms with Crippen LogP contribution in [-0.4, -0.2) is 65.9 Å². The van der Waals surface area contributed by atoms with Gasteiger partial charge in [0.1, 0.15) is 24.7 Å². The van der Waals surface area contributed by atoms with Crippen molar-refractivity contribution in [3.63, 3.8) is 0 Å². The normalized spacial score (nSPS) is 15.3. The number of fused-ring (bicyclic) bond motifs is 2. The maximum atomic E-state index is 10.9. The fourth-order valence-electron chi connectivity index (χ4n) is 5.77. The van der Waals surface area contributed by atoms with Crippen LogP contribution in [0.25, 0.3) is 16.5 Å². The van der Waals surface area contributed by atoms with E-state index in [2.05, 4.69) is 44.5 Å². The third kappa shape index (κ3) is 3.93. The predicted octanol–water partition coefficient (Wildman–Crippen LogP) is 4.55. The van der Waals surface area contributed by atoms with Crippen LogP contribution in [0.15, 0.2) is 36.4 Å². The minimum absolute atomic E-state index is 0.175. The summed E-state index contributed by atoms with van der Waals surface area (Å²) < 4.78 is 19.4. The number of hydrogen-bond donors (Lipinski definition) is 1. The lowest BCUT2D eigenvalue weighted by molar-refractivity contribution is 0.172. The summed E-state index contributed by atoms with van der Waals surface area (Å²) in [4.78, 5) is 4.66. The molecule has 6 rings (SSSR count). The summed E-state index contributed by atoms with van der Waals surface area (Å²) in [5.41, 5.74) is 4.71. The second-order valence-corrected chi connectivity index (χ2v) is 9.72. The Hall–Kier alpha value is -4.14. The van der Waals surface area contributed by atoms with Crippen LogP contribution in [0.5, 0.6) is 23.0 Å². The number of phenols is 1. The standard InChI is InChI=1S/C29H33N5O4/c1-5-36-21-9-10-22(24(35)17-21)34-19(3)26-18(2)30-31-29(27(26)20(34)4)33-13-11-32(12-14-33)23-7-6-8-25-28(23)38-16-15-37-25/h6-10,17,35H,5,11-16H2,1-4H3. The number of aryl methyl sites for hydroxylation is 3. The van der Waals surface area contributed by atoms with E-state index < -0.39 is 0 Å². The highest BCUT2D eigenvalue weighted by atomic mass is 16.6. The van der Waals surface area contributed by atoms with Crippen LogP contribution < -0.4 is 24.0 Å². The van der Waals surface area contributed by atoms with Gasteiger partial charge in [0.2, 0.25) is 0 Å². The minimum Gasteiger partial charge on any atom is -0.506 e. The summed E-state index contributed by atoms with van der Waals surface area (Å²) in [5.74, 6) is 3.35. The molecule has 1 N–H and O–H groups in total. The fourth-order valence-corrected chi connectivity index (χ4v) is 5.77. The average Bonchev–Trinajstić information content (AvgIpc) is 3.20. The first kappa shape index (κ1) is 24.2. The molecule has 4 aromatic rings. The lowest BCUT2D eigenvalue weighted by Crippen LogP contribution is -2.47. The first-order chi connectivity index (χ1) is 18.5. The van der Waals surface area contributed by atoms with E-state index >= 15 is 0 Å². The quantitative estimate of drug-likeness (QED) is 0.415. The van der Waals surface area contributed by atoms with Crippen molar-refractivity contribution in [2.75, 3.05) is 55.8 Å². The zero-order valence-electron chi connectivity index (χ0n) is 22.3. The number of nitrogens with zero attached hydrogens (tertiary/aromatic N) is 5. The molecule has 0 radical (unpaired) electrons. The van der Waals surface area contributed by atoms with Gasteiger partial charge in [-0.2, -0.15) is 5.10 Å². The molecule has 1 fully saturated rings. The summed E-state index contributed by atoms with van der Waals surface area (Å²) in [6, 6.07) is 11.6. The summed E-state index contributed by atoms with van der Waals surface area (Å²) >= 11 is 0. The maximum Gasteiger partial charge on any atom is 0.184 e. The number of piperazine rings is 1. The van der Waals surface area contributed by atoms with Gasteiger partial charge in [-0.1, -0.05) is 6.07 Å². The van der Waals surface area contributed by atoms with Crippen LogP contribution in [0.1, 0.15) is 24.0 Å². The molecular weight excluding hydrogens is 482 g/mol. The molecule has 1 saturated heterocycles. The summed E-state index contributed by atoms with van der Waals surface area (Å²) in [6.07, 6.45) is 0. The summed E-state index contributed by atoms with van der Waals surface area (Å²) in [7, 11) is 0. The van der Waals surface area contributed by atoms with Crippen molar-refractivity contribution in [2.24, 2.45) is 0 Å². The lowest BCUT2D eigenvalue weighted by Gasteiger charge is -2.38. The molecule has 2 aromatic heterocycles. The first-order valence-electron chi connectivity index (χ1n) is 13.2. The summed E-state index contributed by atoms with van der Waals surface area (Å²) in [5, 5.41) is 22.3. The molecule has 2 aliphatic rings. The highest BCUT2D eigenvalue weighted by Gasteiger charge is 2.28. The maximum absolute atomic E-state index is 10.9. The highest BCUT2D eigenvalue weighted by Crippen LogP contribution is 2.41. The third-order valence-electron chi connectivity index (χ3n) is 7.49. The number of phenolic OH excluding ortho intramolecular Hbond substituents is 1. The Morgan fingerprint density at radius 3 is 2.37 bits per heavy atom. The van der Waals surface area contributed by atoms with Gasteiger partial charge in [-0.3, -0.25) is 0 Å². The molecule has 0 atom stereocenters. The van der Waals surface area contributed by atoms with Crippen LogP contribution >= 0.6 is 0 Å². The van der Waals surface area contributed by atoms with Crippen molar-refractivity contribution in [3.8, 4) is 28.7 Å². The Morgan fingerprint density at radius 1 is 0.868 bits per heavy atom. The van der Waals surface area contributed by atoms with E-state index in [1.165, 1.54) is 0 Å². The Balaban J connectivity index is 1.34. The van der Waals surface area contributed by atoms with Gasteiger partial charge in [0.05, 0.1) is 23.7 Å².